The third kappa shape index (κ3) is 3.92. The van der Waals surface area contributed by atoms with Gasteiger partial charge in [0.1, 0.15) is 0 Å². The van der Waals surface area contributed by atoms with E-state index in [9.17, 15) is 4.79 Å². The number of H-pyrrole nitrogens is 1. The van der Waals surface area contributed by atoms with E-state index < -0.39 is 5.97 Å². The van der Waals surface area contributed by atoms with Crippen molar-refractivity contribution in [3.63, 3.8) is 0 Å². The molecule has 0 saturated carbocycles. The molecule has 1 aromatic heterocycles. The molecule has 0 unspecified atom stereocenters. The number of aromatic amines is 1. The number of carboxylic acids is 1. The normalized spacial score (nSPS) is 10.4. The van der Waals surface area contributed by atoms with Gasteiger partial charge in [-0.3, -0.25) is 0 Å². The average molecular weight is 331 g/mol. The minimum atomic E-state index is -0.881. The van der Waals surface area contributed by atoms with Gasteiger partial charge in [-0.25, -0.2) is 4.79 Å². The molecule has 0 aliphatic carbocycles. The van der Waals surface area contributed by atoms with Crippen LogP contribution in [0.4, 0.5) is 0 Å². The van der Waals surface area contributed by atoms with E-state index in [0.29, 0.717) is 12.1 Å². The fourth-order valence-electron chi connectivity index (χ4n) is 2.67. The zero-order chi connectivity index (χ0) is 15.4. The second kappa shape index (κ2) is 7.81. The Morgan fingerprint density at radius 1 is 1.04 bits per heavy atom. The molecule has 0 aliphatic rings. The van der Waals surface area contributed by atoms with Crippen molar-refractivity contribution in [1.29, 1.82) is 0 Å². The first kappa shape index (κ1) is 17.1. The van der Waals surface area contributed by atoms with Gasteiger partial charge >= 0.3 is 5.97 Å². The van der Waals surface area contributed by atoms with Gasteiger partial charge in [0.15, 0.2) is 0 Å². The Labute approximate surface area is 140 Å². The van der Waals surface area contributed by atoms with Crippen molar-refractivity contribution in [3.8, 4) is 0 Å². The highest BCUT2D eigenvalue weighted by molar-refractivity contribution is 5.89. The van der Waals surface area contributed by atoms with E-state index in [-0.39, 0.29) is 12.4 Å². The number of aromatic carboxylic acids is 1. The topological polar surface area (TPSA) is 65.1 Å². The van der Waals surface area contributed by atoms with Gasteiger partial charge in [-0.1, -0.05) is 36.4 Å². The number of benzene rings is 2. The molecule has 0 amide bonds. The van der Waals surface area contributed by atoms with Crippen molar-refractivity contribution in [3.05, 3.63) is 71.4 Å². The summed E-state index contributed by atoms with van der Waals surface area (Å²) < 4.78 is 0. The molecule has 2 aromatic carbocycles. The van der Waals surface area contributed by atoms with Crippen molar-refractivity contribution >= 4 is 29.3 Å². The SMILES string of the molecule is Cl.O=C(O)c1ccccc1CNCCc1c[nH]c2ccccc12. The van der Waals surface area contributed by atoms with E-state index >= 15 is 0 Å². The Morgan fingerprint density at radius 3 is 2.61 bits per heavy atom. The van der Waals surface area contributed by atoms with Crippen LogP contribution in [0.3, 0.4) is 0 Å². The van der Waals surface area contributed by atoms with Crippen LogP contribution in [0.15, 0.2) is 54.7 Å². The Morgan fingerprint density at radius 2 is 1.78 bits per heavy atom. The van der Waals surface area contributed by atoms with Crippen LogP contribution < -0.4 is 5.32 Å². The molecule has 3 rings (SSSR count). The minimum Gasteiger partial charge on any atom is -0.478 e. The molecule has 0 fully saturated rings. The van der Waals surface area contributed by atoms with E-state index in [0.717, 1.165) is 24.0 Å². The van der Waals surface area contributed by atoms with E-state index in [1.807, 2.05) is 30.5 Å². The first-order valence-corrected chi connectivity index (χ1v) is 7.32. The van der Waals surface area contributed by atoms with Gasteiger partial charge in [0, 0.05) is 23.6 Å². The second-order valence-corrected chi connectivity index (χ2v) is 5.25. The number of halogens is 1. The maximum Gasteiger partial charge on any atom is 0.336 e. The average Bonchev–Trinajstić information content (AvgIpc) is 2.95. The lowest BCUT2D eigenvalue weighted by Crippen LogP contribution is -2.18. The number of rotatable bonds is 6. The highest BCUT2D eigenvalue weighted by atomic mass is 35.5. The maximum absolute atomic E-state index is 11.2. The summed E-state index contributed by atoms with van der Waals surface area (Å²) in [6.45, 7) is 1.36. The standard InChI is InChI=1S/C18H18N2O2.ClH/c21-18(22)16-7-2-1-5-13(16)11-19-10-9-14-12-20-17-8-4-3-6-15(14)17;/h1-8,12,19-20H,9-11H2,(H,21,22);1H. The zero-order valence-corrected chi connectivity index (χ0v) is 13.4. The van der Waals surface area contributed by atoms with Gasteiger partial charge in [0.25, 0.3) is 0 Å². The van der Waals surface area contributed by atoms with Crippen LogP contribution >= 0.6 is 12.4 Å². The van der Waals surface area contributed by atoms with Gasteiger partial charge in [-0.2, -0.15) is 0 Å². The quantitative estimate of drug-likeness (QED) is 0.605. The number of hydrogen-bond donors (Lipinski definition) is 3. The second-order valence-electron chi connectivity index (χ2n) is 5.25. The summed E-state index contributed by atoms with van der Waals surface area (Å²) in [4.78, 5) is 14.4. The number of carbonyl (C=O) groups is 1. The van der Waals surface area contributed by atoms with E-state index in [4.69, 9.17) is 5.11 Å². The monoisotopic (exact) mass is 330 g/mol. The molecule has 3 N–H and O–H groups in total. The number of fused-ring (bicyclic) bond motifs is 1. The summed E-state index contributed by atoms with van der Waals surface area (Å²) in [6, 6.07) is 15.3. The highest BCUT2D eigenvalue weighted by Crippen LogP contribution is 2.17. The van der Waals surface area contributed by atoms with E-state index in [1.165, 1.54) is 10.9 Å². The van der Waals surface area contributed by atoms with Crippen LogP contribution in [-0.4, -0.2) is 22.6 Å². The van der Waals surface area contributed by atoms with E-state index in [1.54, 1.807) is 12.1 Å². The molecule has 5 heteroatoms. The van der Waals surface area contributed by atoms with Crippen LogP contribution in [0.2, 0.25) is 0 Å². The highest BCUT2D eigenvalue weighted by Gasteiger charge is 2.08. The number of hydrogen-bond acceptors (Lipinski definition) is 2. The van der Waals surface area contributed by atoms with Gasteiger partial charge in [-0.05, 0) is 36.2 Å². The van der Waals surface area contributed by atoms with Crippen LogP contribution in [0, 0.1) is 0 Å². The molecular formula is C18H19ClN2O2. The van der Waals surface area contributed by atoms with Crippen molar-refractivity contribution in [2.45, 2.75) is 13.0 Å². The molecule has 120 valence electrons. The van der Waals surface area contributed by atoms with Crippen molar-refractivity contribution in [2.24, 2.45) is 0 Å². The molecule has 4 nitrogen and oxygen atoms in total. The van der Waals surface area contributed by atoms with Crippen LogP contribution in [0.1, 0.15) is 21.5 Å². The molecule has 0 aliphatic heterocycles. The van der Waals surface area contributed by atoms with Crippen LogP contribution in [0.25, 0.3) is 10.9 Å². The van der Waals surface area contributed by atoms with Gasteiger partial charge in [-0.15, -0.1) is 12.4 Å². The number of nitrogens with one attached hydrogen (secondary N) is 2. The molecule has 1 heterocycles. The largest absolute Gasteiger partial charge is 0.478 e. The lowest BCUT2D eigenvalue weighted by molar-refractivity contribution is 0.0695. The van der Waals surface area contributed by atoms with Gasteiger partial charge < -0.3 is 15.4 Å². The predicted octanol–water partition coefficient (Wildman–Crippen LogP) is 3.62. The molecule has 0 spiro atoms. The lowest BCUT2D eigenvalue weighted by Gasteiger charge is -2.07. The van der Waals surface area contributed by atoms with Gasteiger partial charge in [0.05, 0.1) is 5.56 Å². The van der Waals surface area contributed by atoms with Crippen molar-refractivity contribution < 1.29 is 9.90 Å². The smallest absolute Gasteiger partial charge is 0.336 e. The summed E-state index contributed by atoms with van der Waals surface area (Å²) in [5.74, 6) is -0.881. The molecular weight excluding hydrogens is 312 g/mol. The number of aromatic nitrogens is 1. The lowest BCUT2D eigenvalue weighted by atomic mass is 10.1. The Hall–Kier alpha value is -2.30. The Bertz CT molecular complexity index is 798. The predicted molar refractivity (Wildman–Crippen MR) is 94.4 cm³/mol. The summed E-state index contributed by atoms with van der Waals surface area (Å²) in [7, 11) is 0. The van der Waals surface area contributed by atoms with Gasteiger partial charge in [0.2, 0.25) is 0 Å². The third-order valence-electron chi connectivity index (χ3n) is 3.81. The first-order valence-electron chi connectivity index (χ1n) is 7.32. The minimum absolute atomic E-state index is 0. The summed E-state index contributed by atoms with van der Waals surface area (Å²) >= 11 is 0. The maximum atomic E-state index is 11.2. The molecule has 0 bridgehead atoms. The summed E-state index contributed by atoms with van der Waals surface area (Å²) in [5.41, 5.74) is 3.60. The van der Waals surface area contributed by atoms with Crippen LogP contribution in [-0.2, 0) is 13.0 Å². The van der Waals surface area contributed by atoms with Crippen molar-refractivity contribution in [2.75, 3.05) is 6.54 Å². The summed E-state index contributed by atoms with van der Waals surface area (Å²) in [5, 5.41) is 13.7. The number of para-hydroxylation sites is 1. The van der Waals surface area contributed by atoms with Crippen molar-refractivity contribution in [1.82, 2.24) is 10.3 Å². The fraction of sp³-hybridized carbons (Fsp3) is 0.167. The zero-order valence-electron chi connectivity index (χ0n) is 12.6. The number of carboxylic acid groups (broad SMARTS) is 1. The Kier molecular flexibility index (Phi) is 5.79. The third-order valence-corrected chi connectivity index (χ3v) is 3.81. The molecule has 23 heavy (non-hydrogen) atoms. The summed E-state index contributed by atoms with van der Waals surface area (Å²) in [6.07, 6.45) is 2.94. The molecule has 0 atom stereocenters. The molecule has 3 aromatic rings. The Balaban J connectivity index is 0.00000192. The van der Waals surface area contributed by atoms with E-state index in [2.05, 4.69) is 22.4 Å². The molecule has 0 radical (unpaired) electrons. The molecule has 0 saturated heterocycles. The van der Waals surface area contributed by atoms with Crippen LogP contribution in [0.5, 0.6) is 0 Å². The fourth-order valence-corrected chi connectivity index (χ4v) is 2.67. The first-order chi connectivity index (χ1) is 10.8.